The quantitative estimate of drug-likeness (QED) is 0.485. The molecule has 9 heteroatoms. The lowest BCUT2D eigenvalue weighted by molar-refractivity contribution is -0.133. The van der Waals surface area contributed by atoms with Crippen molar-refractivity contribution in [2.24, 2.45) is 17.3 Å². The standard InChI is InChI=1S/C31H41N3O4S.ClH/c1-23(2)30(36)33-20-26(28(21-33)25-7-5-4-6-8-25)19-32-15-13-31(14-16-32)17-29(35)34(22-31)18-24-9-11-27(12-10-24)39(3,37)38;/h4-12,23,26,28H,13-22H2,1-3H3;1H/t26-,28+;/m0./s1. The van der Waals surface area contributed by atoms with Crippen LogP contribution in [-0.4, -0.2) is 80.5 Å². The highest BCUT2D eigenvalue weighted by Gasteiger charge is 2.45. The van der Waals surface area contributed by atoms with Gasteiger partial charge < -0.3 is 14.7 Å². The fourth-order valence-electron chi connectivity index (χ4n) is 6.74. The van der Waals surface area contributed by atoms with E-state index in [4.69, 9.17) is 0 Å². The number of carbonyl (C=O) groups is 2. The summed E-state index contributed by atoms with van der Waals surface area (Å²) in [6.07, 6.45) is 3.80. The molecule has 0 aliphatic carbocycles. The van der Waals surface area contributed by atoms with Gasteiger partial charge in [-0.1, -0.05) is 56.3 Å². The molecule has 3 fully saturated rings. The maximum absolute atomic E-state index is 13.0. The van der Waals surface area contributed by atoms with Crippen LogP contribution >= 0.6 is 12.4 Å². The molecule has 3 saturated heterocycles. The van der Waals surface area contributed by atoms with Crippen molar-refractivity contribution in [3.8, 4) is 0 Å². The number of rotatable bonds is 7. The van der Waals surface area contributed by atoms with E-state index in [1.807, 2.05) is 36.9 Å². The summed E-state index contributed by atoms with van der Waals surface area (Å²) in [6.45, 7) is 9.76. The first-order chi connectivity index (χ1) is 18.5. The fraction of sp³-hybridized carbons (Fsp3) is 0.548. The number of halogens is 1. The third-order valence-electron chi connectivity index (χ3n) is 9.01. The minimum Gasteiger partial charge on any atom is -0.342 e. The zero-order valence-electron chi connectivity index (χ0n) is 23.8. The third kappa shape index (κ3) is 6.72. The first kappa shape index (κ1) is 30.5. The molecule has 0 N–H and O–H groups in total. The van der Waals surface area contributed by atoms with Crippen molar-refractivity contribution in [2.45, 2.75) is 50.5 Å². The van der Waals surface area contributed by atoms with Crippen molar-refractivity contribution in [2.75, 3.05) is 45.5 Å². The molecule has 2 aromatic rings. The summed E-state index contributed by atoms with van der Waals surface area (Å²) in [4.78, 5) is 32.7. The second-order valence-electron chi connectivity index (χ2n) is 12.3. The molecule has 5 rings (SSSR count). The van der Waals surface area contributed by atoms with Crippen LogP contribution in [0.3, 0.4) is 0 Å². The molecule has 0 bridgehead atoms. The topological polar surface area (TPSA) is 78.0 Å². The largest absolute Gasteiger partial charge is 0.342 e. The fourth-order valence-corrected chi connectivity index (χ4v) is 7.37. The summed E-state index contributed by atoms with van der Waals surface area (Å²) >= 11 is 0. The lowest BCUT2D eigenvalue weighted by atomic mass is 9.77. The van der Waals surface area contributed by atoms with Crippen LogP contribution in [0.15, 0.2) is 59.5 Å². The Kier molecular flexibility index (Phi) is 9.32. The maximum Gasteiger partial charge on any atom is 0.225 e. The van der Waals surface area contributed by atoms with Crippen LogP contribution in [0.5, 0.6) is 0 Å². The predicted molar refractivity (Wildman–Crippen MR) is 159 cm³/mol. The third-order valence-corrected chi connectivity index (χ3v) is 10.1. The molecule has 7 nitrogen and oxygen atoms in total. The number of sulfone groups is 1. The SMILES string of the molecule is CC(C)C(=O)N1C[C@H](CN2CCC3(CC2)CC(=O)N(Cc2ccc(S(C)(=O)=O)cc2)C3)[C@@H](c2ccccc2)C1.Cl. The van der Waals surface area contributed by atoms with Crippen LogP contribution in [-0.2, 0) is 26.0 Å². The molecule has 3 aliphatic rings. The van der Waals surface area contributed by atoms with E-state index in [9.17, 15) is 18.0 Å². The molecule has 3 aliphatic heterocycles. The summed E-state index contributed by atoms with van der Waals surface area (Å²) < 4.78 is 23.5. The number of hydrogen-bond donors (Lipinski definition) is 0. The van der Waals surface area contributed by atoms with Crippen molar-refractivity contribution >= 4 is 34.1 Å². The van der Waals surface area contributed by atoms with Crippen molar-refractivity contribution in [1.29, 1.82) is 0 Å². The summed E-state index contributed by atoms with van der Waals surface area (Å²) in [5.41, 5.74) is 2.30. The van der Waals surface area contributed by atoms with E-state index in [-0.39, 0.29) is 35.6 Å². The van der Waals surface area contributed by atoms with E-state index in [0.29, 0.717) is 29.7 Å². The van der Waals surface area contributed by atoms with Gasteiger partial charge in [-0.25, -0.2) is 8.42 Å². The monoisotopic (exact) mass is 587 g/mol. The number of amides is 2. The first-order valence-corrected chi connectivity index (χ1v) is 16.0. The van der Waals surface area contributed by atoms with Gasteiger partial charge in [0.15, 0.2) is 9.84 Å². The molecular weight excluding hydrogens is 546 g/mol. The van der Waals surface area contributed by atoms with Crippen LogP contribution in [0.2, 0.25) is 0 Å². The molecule has 3 heterocycles. The molecular formula is C31H42ClN3O4S. The van der Waals surface area contributed by atoms with Gasteiger partial charge in [0.1, 0.15) is 0 Å². The van der Waals surface area contributed by atoms with E-state index in [2.05, 4.69) is 34.1 Å². The summed E-state index contributed by atoms with van der Waals surface area (Å²) in [5, 5.41) is 0. The van der Waals surface area contributed by atoms with E-state index >= 15 is 0 Å². The van der Waals surface area contributed by atoms with E-state index < -0.39 is 9.84 Å². The molecule has 1 spiro atoms. The average Bonchev–Trinajstić information content (AvgIpc) is 3.46. The van der Waals surface area contributed by atoms with E-state index in [0.717, 1.165) is 57.7 Å². The number of nitrogens with zero attached hydrogens (tertiary/aromatic N) is 3. The molecule has 2 aromatic carbocycles. The molecule has 0 aromatic heterocycles. The van der Waals surface area contributed by atoms with Gasteiger partial charge in [-0.2, -0.15) is 0 Å². The number of likely N-dealkylation sites (tertiary alicyclic amines) is 3. The van der Waals surface area contributed by atoms with Gasteiger partial charge in [0, 0.05) is 57.2 Å². The highest BCUT2D eigenvalue weighted by molar-refractivity contribution is 7.90. The Morgan fingerprint density at radius 1 is 1.00 bits per heavy atom. The zero-order chi connectivity index (χ0) is 27.8. The lowest BCUT2D eigenvalue weighted by Crippen LogP contribution is -2.44. The summed E-state index contributed by atoms with van der Waals surface area (Å²) in [6, 6.07) is 17.5. The molecule has 40 heavy (non-hydrogen) atoms. The Morgan fingerprint density at radius 3 is 2.25 bits per heavy atom. The van der Waals surface area contributed by atoms with Gasteiger partial charge in [0.25, 0.3) is 0 Å². The molecule has 0 saturated carbocycles. The van der Waals surface area contributed by atoms with Crippen LogP contribution in [0, 0.1) is 17.3 Å². The van der Waals surface area contributed by atoms with Crippen LogP contribution in [0.25, 0.3) is 0 Å². The maximum atomic E-state index is 13.0. The highest BCUT2D eigenvalue weighted by atomic mass is 35.5. The number of piperidine rings is 1. The van der Waals surface area contributed by atoms with Gasteiger partial charge in [-0.05, 0) is 60.5 Å². The van der Waals surface area contributed by atoms with E-state index in [1.165, 1.54) is 11.8 Å². The van der Waals surface area contributed by atoms with Crippen molar-refractivity contribution in [1.82, 2.24) is 14.7 Å². The summed E-state index contributed by atoms with van der Waals surface area (Å²) in [5.74, 6) is 1.20. The second-order valence-corrected chi connectivity index (χ2v) is 14.3. The van der Waals surface area contributed by atoms with Crippen molar-refractivity contribution < 1.29 is 18.0 Å². The Balaban J connectivity index is 0.00000370. The summed E-state index contributed by atoms with van der Waals surface area (Å²) in [7, 11) is -3.23. The predicted octanol–water partition coefficient (Wildman–Crippen LogP) is 4.22. The van der Waals surface area contributed by atoms with Crippen molar-refractivity contribution in [3.63, 3.8) is 0 Å². The first-order valence-electron chi connectivity index (χ1n) is 14.2. The minimum atomic E-state index is -3.23. The molecule has 218 valence electrons. The Bertz CT molecular complexity index is 1290. The molecule has 2 amide bonds. The normalized spacial score (nSPS) is 23.1. The van der Waals surface area contributed by atoms with Crippen LogP contribution in [0.1, 0.15) is 50.2 Å². The highest BCUT2D eigenvalue weighted by Crippen LogP contribution is 2.42. The zero-order valence-corrected chi connectivity index (χ0v) is 25.4. The lowest BCUT2D eigenvalue weighted by Gasteiger charge is -2.40. The molecule has 0 unspecified atom stereocenters. The molecule has 2 atom stereocenters. The Morgan fingerprint density at radius 2 is 1.65 bits per heavy atom. The number of hydrogen-bond acceptors (Lipinski definition) is 5. The smallest absolute Gasteiger partial charge is 0.225 e. The Hall–Kier alpha value is -2.42. The number of benzene rings is 2. The van der Waals surface area contributed by atoms with Gasteiger partial charge >= 0.3 is 0 Å². The van der Waals surface area contributed by atoms with Gasteiger partial charge in [0.2, 0.25) is 11.8 Å². The Labute approximate surface area is 245 Å². The van der Waals surface area contributed by atoms with Gasteiger partial charge in [-0.15, -0.1) is 12.4 Å². The molecule has 0 radical (unpaired) electrons. The van der Waals surface area contributed by atoms with Crippen LogP contribution in [0.4, 0.5) is 0 Å². The minimum absolute atomic E-state index is 0. The van der Waals surface area contributed by atoms with E-state index in [1.54, 1.807) is 12.1 Å². The van der Waals surface area contributed by atoms with Crippen LogP contribution < -0.4 is 0 Å². The second kappa shape index (κ2) is 12.2. The average molecular weight is 588 g/mol. The van der Waals surface area contributed by atoms with Gasteiger partial charge in [0.05, 0.1) is 4.90 Å². The van der Waals surface area contributed by atoms with Crippen molar-refractivity contribution in [3.05, 3.63) is 65.7 Å². The van der Waals surface area contributed by atoms with Gasteiger partial charge in [-0.3, -0.25) is 9.59 Å². The number of carbonyl (C=O) groups excluding carboxylic acids is 2.